The first kappa shape index (κ1) is 14.4. The third kappa shape index (κ3) is 4.61. The van der Waals surface area contributed by atoms with Gasteiger partial charge in [-0.3, -0.25) is 4.79 Å². The third-order valence-corrected chi connectivity index (χ3v) is 4.15. The number of hydrogen-bond donors (Lipinski definition) is 1. The number of rotatable bonds is 4. The maximum Gasteiger partial charge on any atom is 0.237 e. The van der Waals surface area contributed by atoms with Gasteiger partial charge in [-0.05, 0) is 13.0 Å². The summed E-state index contributed by atoms with van der Waals surface area (Å²) in [6.45, 7) is 5.06. The first-order chi connectivity index (χ1) is 7.95. The van der Waals surface area contributed by atoms with Crippen molar-refractivity contribution < 1.29 is 13.2 Å². The molecule has 1 aliphatic rings. The lowest BCUT2D eigenvalue weighted by molar-refractivity contribution is -0.131. The smallest absolute Gasteiger partial charge is 0.237 e. The molecule has 0 aliphatic carbocycles. The van der Waals surface area contributed by atoms with Crippen LogP contribution >= 0.6 is 0 Å². The second kappa shape index (κ2) is 6.32. The van der Waals surface area contributed by atoms with Crippen molar-refractivity contribution in [3.63, 3.8) is 0 Å². The van der Waals surface area contributed by atoms with Gasteiger partial charge in [-0.1, -0.05) is 6.92 Å². The number of hydrogen-bond acceptors (Lipinski definition) is 4. The van der Waals surface area contributed by atoms with Gasteiger partial charge in [0.1, 0.15) is 0 Å². The molecule has 17 heavy (non-hydrogen) atoms. The number of carbonyl (C=O) groups is 1. The lowest BCUT2D eigenvalue weighted by atomic mass is 10.4. The van der Waals surface area contributed by atoms with Gasteiger partial charge >= 0.3 is 0 Å². The first-order valence-electron chi connectivity index (χ1n) is 5.88. The molecule has 0 saturated carbocycles. The van der Waals surface area contributed by atoms with Crippen molar-refractivity contribution in [3.8, 4) is 0 Å². The van der Waals surface area contributed by atoms with Crippen molar-refractivity contribution >= 4 is 15.9 Å². The number of amides is 1. The number of nitrogens with zero attached hydrogens (tertiary/aromatic N) is 2. The minimum absolute atomic E-state index is 0.0463. The van der Waals surface area contributed by atoms with Crippen LogP contribution in [0.3, 0.4) is 0 Å². The number of sulfonamides is 1. The molecule has 100 valence electrons. The molecule has 0 aromatic heterocycles. The molecular formula is C10H21N3O3S. The summed E-state index contributed by atoms with van der Waals surface area (Å²) < 4.78 is 24.0. The van der Waals surface area contributed by atoms with E-state index in [0.29, 0.717) is 19.6 Å². The quantitative estimate of drug-likeness (QED) is 0.713. The normalized spacial score (nSPS) is 18.2. The van der Waals surface area contributed by atoms with Crippen LogP contribution in [0.25, 0.3) is 0 Å². The van der Waals surface area contributed by atoms with Crippen LogP contribution in [0.4, 0.5) is 0 Å². The van der Waals surface area contributed by atoms with E-state index < -0.39 is 10.0 Å². The Labute approximate surface area is 103 Å². The van der Waals surface area contributed by atoms with Crippen molar-refractivity contribution in [2.24, 2.45) is 0 Å². The summed E-state index contributed by atoms with van der Waals surface area (Å²) in [7, 11) is -3.29. The summed E-state index contributed by atoms with van der Waals surface area (Å²) in [5.74, 6) is -0.110. The Morgan fingerprint density at radius 3 is 2.65 bits per heavy atom. The molecule has 1 heterocycles. The zero-order valence-corrected chi connectivity index (χ0v) is 11.3. The fourth-order valence-electron chi connectivity index (χ4n) is 1.81. The first-order valence-corrected chi connectivity index (χ1v) is 7.73. The molecule has 7 heteroatoms. The van der Waals surface area contributed by atoms with Gasteiger partial charge in [0.05, 0.1) is 12.8 Å². The molecule has 0 radical (unpaired) electrons. The SMILES string of the molecule is CCN(CC(=O)N1CCCNCC1)S(C)(=O)=O. The third-order valence-electron chi connectivity index (χ3n) is 2.83. The van der Waals surface area contributed by atoms with Crippen molar-refractivity contribution in [1.29, 1.82) is 0 Å². The Morgan fingerprint density at radius 2 is 2.06 bits per heavy atom. The fraction of sp³-hybridized carbons (Fsp3) is 0.900. The Balaban J connectivity index is 2.57. The van der Waals surface area contributed by atoms with E-state index >= 15 is 0 Å². The lowest BCUT2D eigenvalue weighted by Gasteiger charge is -2.24. The summed E-state index contributed by atoms with van der Waals surface area (Å²) in [5, 5.41) is 3.20. The van der Waals surface area contributed by atoms with E-state index in [4.69, 9.17) is 0 Å². The molecule has 1 rings (SSSR count). The topological polar surface area (TPSA) is 69.7 Å². The van der Waals surface area contributed by atoms with E-state index in [0.717, 1.165) is 25.8 Å². The van der Waals surface area contributed by atoms with Gasteiger partial charge in [0, 0.05) is 26.2 Å². The van der Waals surface area contributed by atoms with E-state index in [2.05, 4.69) is 5.32 Å². The molecule has 1 saturated heterocycles. The molecular weight excluding hydrogens is 242 g/mol. The van der Waals surface area contributed by atoms with E-state index in [9.17, 15) is 13.2 Å². The van der Waals surface area contributed by atoms with Crippen LogP contribution in [-0.4, -0.2) is 69.1 Å². The molecule has 1 fully saturated rings. The number of likely N-dealkylation sites (N-methyl/N-ethyl adjacent to an activating group) is 1. The molecule has 1 aliphatic heterocycles. The summed E-state index contributed by atoms with van der Waals surface area (Å²) in [6.07, 6.45) is 2.05. The molecule has 0 spiro atoms. The maximum atomic E-state index is 12.0. The molecule has 1 N–H and O–H groups in total. The molecule has 0 unspecified atom stereocenters. The molecule has 0 aromatic carbocycles. The highest BCUT2D eigenvalue weighted by atomic mass is 32.2. The Bertz CT molecular complexity index is 348. The Kier molecular flexibility index (Phi) is 5.35. The lowest BCUT2D eigenvalue weighted by Crippen LogP contribution is -2.43. The Morgan fingerprint density at radius 1 is 1.35 bits per heavy atom. The summed E-state index contributed by atoms with van der Waals surface area (Å²) in [4.78, 5) is 13.7. The molecule has 0 atom stereocenters. The molecule has 0 aromatic rings. The minimum Gasteiger partial charge on any atom is -0.340 e. The largest absolute Gasteiger partial charge is 0.340 e. The highest BCUT2D eigenvalue weighted by Gasteiger charge is 2.22. The average Bonchev–Trinajstić information content (AvgIpc) is 2.52. The highest BCUT2D eigenvalue weighted by Crippen LogP contribution is 2.02. The van der Waals surface area contributed by atoms with Gasteiger partial charge in [-0.25, -0.2) is 8.42 Å². The summed E-state index contributed by atoms with van der Waals surface area (Å²) >= 11 is 0. The monoisotopic (exact) mass is 263 g/mol. The van der Waals surface area contributed by atoms with Crippen LogP contribution in [0.15, 0.2) is 0 Å². The van der Waals surface area contributed by atoms with Gasteiger partial charge < -0.3 is 10.2 Å². The maximum absolute atomic E-state index is 12.0. The molecule has 1 amide bonds. The van der Waals surface area contributed by atoms with Crippen molar-refractivity contribution in [2.45, 2.75) is 13.3 Å². The van der Waals surface area contributed by atoms with Gasteiger partial charge in [0.25, 0.3) is 0 Å². The predicted molar refractivity (Wildman–Crippen MR) is 66.2 cm³/mol. The Hall–Kier alpha value is -0.660. The van der Waals surface area contributed by atoms with Crippen molar-refractivity contribution in [2.75, 3.05) is 45.5 Å². The fourth-order valence-corrected chi connectivity index (χ4v) is 2.62. The zero-order valence-electron chi connectivity index (χ0n) is 10.5. The summed E-state index contributed by atoms with van der Waals surface area (Å²) in [6, 6.07) is 0. The van der Waals surface area contributed by atoms with Crippen LogP contribution in [0.1, 0.15) is 13.3 Å². The highest BCUT2D eigenvalue weighted by molar-refractivity contribution is 7.88. The van der Waals surface area contributed by atoms with Gasteiger partial charge in [0.2, 0.25) is 15.9 Å². The number of nitrogens with one attached hydrogen (secondary N) is 1. The van der Waals surface area contributed by atoms with Gasteiger partial charge in [0.15, 0.2) is 0 Å². The predicted octanol–water partition coefficient (Wildman–Crippen LogP) is -0.910. The van der Waals surface area contributed by atoms with Crippen LogP contribution in [-0.2, 0) is 14.8 Å². The van der Waals surface area contributed by atoms with E-state index in [1.165, 1.54) is 4.31 Å². The van der Waals surface area contributed by atoms with Crippen LogP contribution in [0.5, 0.6) is 0 Å². The molecule has 0 bridgehead atoms. The van der Waals surface area contributed by atoms with Crippen LogP contribution in [0, 0.1) is 0 Å². The second-order valence-corrected chi connectivity index (χ2v) is 6.16. The van der Waals surface area contributed by atoms with Crippen LogP contribution in [0.2, 0.25) is 0 Å². The van der Waals surface area contributed by atoms with Crippen molar-refractivity contribution in [3.05, 3.63) is 0 Å². The van der Waals surface area contributed by atoms with E-state index in [1.54, 1.807) is 11.8 Å². The zero-order chi connectivity index (χ0) is 12.9. The van der Waals surface area contributed by atoms with Gasteiger partial charge in [-0.15, -0.1) is 0 Å². The summed E-state index contributed by atoms with van der Waals surface area (Å²) in [5.41, 5.74) is 0. The number of carbonyl (C=O) groups excluding carboxylic acids is 1. The molecule has 6 nitrogen and oxygen atoms in total. The van der Waals surface area contributed by atoms with E-state index in [1.807, 2.05) is 0 Å². The van der Waals surface area contributed by atoms with Crippen molar-refractivity contribution in [1.82, 2.24) is 14.5 Å². The van der Waals surface area contributed by atoms with Crippen LogP contribution < -0.4 is 5.32 Å². The van der Waals surface area contributed by atoms with Gasteiger partial charge in [-0.2, -0.15) is 4.31 Å². The van der Waals surface area contributed by atoms with E-state index in [-0.39, 0.29) is 12.5 Å². The minimum atomic E-state index is -3.29. The average molecular weight is 263 g/mol. The second-order valence-electron chi connectivity index (χ2n) is 4.17. The standard InChI is InChI=1S/C10H21N3O3S/c1-3-13(17(2,15)16)9-10(14)12-7-4-5-11-6-8-12/h11H,3-9H2,1-2H3.